The lowest BCUT2D eigenvalue weighted by Crippen LogP contribution is -2.42. The molecule has 0 radical (unpaired) electrons. The zero-order chi connectivity index (χ0) is 23.3. The fourth-order valence-electron chi connectivity index (χ4n) is 6.02. The molecular formula is C24H33F2N5O2. The summed E-state index contributed by atoms with van der Waals surface area (Å²) in [6.07, 6.45) is 6.71. The van der Waals surface area contributed by atoms with E-state index in [1.807, 2.05) is 7.11 Å². The highest BCUT2D eigenvalue weighted by Gasteiger charge is 2.58. The molecule has 0 amide bonds. The Hall–Kier alpha value is -2.26. The minimum absolute atomic E-state index is 0.0557. The fraction of sp³-hybridized carbons (Fsp3) is 0.667. The number of methoxy groups -OCH3 is 1. The van der Waals surface area contributed by atoms with E-state index in [-0.39, 0.29) is 17.6 Å². The van der Waals surface area contributed by atoms with E-state index in [1.54, 1.807) is 6.20 Å². The van der Waals surface area contributed by atoms with Gasteiger partial charge in [0.1, 0.15) is 0 Å². The van der Waals surface area contributed by atoms with Crippen LogP contribution in [0, 0.1) is 11.8 Å². The highest BCUT2D eigenvalue weighted by atomic mass is 19.3. The predicted molar refractivity (Wildman–Crippen MR) is 121 cm³/mol. The molecule has 2 unspecified atom stereocenters. The van der Waals surface area contributed by atoms with E-state index in [9.17, 15) is 8.78 Å². The number of rotatable bonds is 7. The van der Waals surface area contributed by atoms with Gasteiger partial charge in [-0.2, -0.15) is 13.9 Å². The maximum atomic E-state index is 12.7. The van der Waals surface area contributed by atoms with Gasteiger partial charge in [0, 0.05) is 55.7 Å². The Kier molecular flexibility index (Phi) is 6.03. The Morgan fingerprint density at radius 2 is 1.82 bits per heavy atom. The smallest absolute Gasteiger partial charge is 0.387 e. The van der Waals surface area contributed by atoms with E-state index in [2.05, 4.69) is 39.2 Å². The Labute approximate surface area is 193 Å². The lowest BCUT2D eigenvalue weighted by Gasteiger charge is -2.36. The normalized spacial score (nSPS) is 28.0. The van der Waals surface area contributed by atoms with Crippen LogP contribution in [0.5, 0.6) is 5.75 Å². The molecule has 180 valence electrons. The largest absolute Gasteiger partial charge is 0.431 e. The second-order valence-corrected chi connectivity index (χ2v) is 9.93. The Morgan fingerprint density at radius 3 is 2.42 bits per heavy atom. The van der Waals surface area contributed by atoms with E-state index in [0.29, 0.717) is 41.2 Å². The number of nitrogen functional groups attached to an aromatic ring is 1. The van der Waals surface area contributed by atoms with Gasteiger partial charge in [-0.05, 0) is 63.5 Å². The summed E-state index contributed by atoms with van der Waals surface area (Å²) in [5.41, 5.74) is 8.29. The molecule has 9 heteroatoms. The quantitative estimate of drug-likeness (QED) is 0.662. The fourth-order valence-corrected chi connectivity index (χ4v) is 6.02. The van der Waals surface area contributed by atoms with Crippen LogP contribution in [0.15, 0.2) is 18.3 Å². The number of ether oxygens (including phenoxy) is 2. The number of likely N-dealkylation sites (tertiary alicyclic amines) is 1. The van der Waals surface area contributed by atoms with Gasteiger partial charge in [-0.15, -0.1) is 0 Å². The monoisotopic (exact) mass is 461 g/mol. The summed E-state index contributed by atoms with van der Waals surface area (Å²) >= 11 is 0. The summed E-state index contributed by atoms with van der Waals surface area (Å²) in [5.74, 6) is 1.73. The minimum atomic E-state index is -2.95. The van der Waals surface area contributed by atoms with Gasteiger partial charge in [0.25, 0.3) is 0 Å². The summed E-state index contributed by atoms with van der Waals surface area (Å²) in [4.78, 5) is 6.70. The summed E-state index contributed by atoms with van der Waals surface area (Å²) in [6, 6.07) is 4.48. The molecule has 3 heterocycles. The summed E-state index contributed by atoms with van der Waals surface area (Å²) < 4.78 is 37.6. The molecule has 1 aliphatic heterocycles. The van der Waals surface area contributed by atoms with Crippen LogP contribution in [0.4, 0.5) is 14.6 Å². The maximum absolute atomic E-state index is 12.7. The molecule has 2 aliphatic carbocycles. The van der Waals surface area contributed by atoms with Crippen LogP contribution < -0.4 is 10.5 Å². The SMILES string of the molecule is COC1CCN(C2C[C@@H]3C(c4cc(-c5cnc(N)c(OC(F)F)c5)nn4C(C)C)[C@@H]3C2)CC1. The number of aromatic nitrogens is 3. The van der Waals surface area contributed by atoms with E-state index in [4.69, 9.17) is 15.6 Å². The highest BCUT2D eigenvalue weighted by Crippen LogP contribution is 2.64. The zero-order valence-electron chi connectivity index (χ0n) is 19.5. The first-order valence-electron chi connectivity index (χ1n) is 11.9. The van der Waals surface area contributed by atoms with Crippen LogP contribution in [0.3, 0.4) is 0 Å². The van der Waals surface area contributed by atoms with Crippen LogP contribution in [0.25, 0.3) is 11.3 Å². The maximum Gasteiger partial charge on any atom is 0.387 e. The predicted octanol–water partition coefficient (Wildman–Crippen LogP) is 4.31. The molecule has 2 N–H and O–H groups in total. The van der Waals surface area contributed by atoms with Crippen LogP contribution in [0.2, 0.25) is 0 Å². The lowest BCUT2D eigenvalue weighted by molar-refractivity contribution is -0.0494. The number of halogens is 2. The number of fused-ring (bicyclic) bond motifs is 1. The number of nitrogens with zero attached hydrogens (tertiary/aromatic N) is 4. The molecule has 1 saturated heterocycles. The van der Waals surface area contributed by atoms with Crippen LogP contribution in [-0.4, -0.2) is 58.6 Å². The molecule has 0 spiro atoms. The standard InChI is InChI=1S/C24H33F2N5O2/c1-13(2)31-20(11-19(29-31)14-8-21(33-24(25)26)23(27)28-12-14)22-17-9-15(10-18(17)22)30-6-4-16(32-3)5-7-30/h8,11-13,15-18,22,24H,4-7,9-10H2,1-3H3,(H2,27,28)/t15?,17-,18+,22?. The molecule has 2 saturated carbocycles. The highest BCUT2D eigenvalue weighted by molar-refractivity contribution is 5.64. The van der Waals surface area contributed by atoms with Gasteiger partial charge in [0.15, 0.2) is 11.6 Å². The van der Waals surface area contributed by atoms with E-state index >= 15 is 0 Å². The van der Waals surface area contributed by atoms with Gasteiger partial charge in [0.05, 0.1) is 11.8 Å². The number of nitrogens with two attached hydrogens (primary N) is 1. The number of anilines is 1. The lowest BCUT2D eigenvalue weighted by atomic mass is 9.99. The number of hydrogen-bond donors (Lipinski definition) is 1. The van der Waals surface area contributed by atoms with Gasteiger partial charge in [0.2, 0.25) is 0 Å². The van der Waals surface area contributed by atoms with Crippen molar-refractivity contribution in [1.82, 2.24) is 19.7 Å². The summed E-state index contributed by atoms with van der Waals surface area (Å²) in [7, 11) is 1.81. The number of pyridine rings is 1. The molecule has 5 rings (SSSR count). The van der Waals surface area contributed by atoms with Crippen molar-refractivity contribution in [2.75, 3.05) is 25.9 Å². The minimum Gasteiger partial charge on any atom is -0.431 e. The van der Waals surface area contributed by atoms with Crippen molar-refractivity contribution in [3.8, 4) is 17.0 Å². The third-order valence-electron chi connectivity index (χ3n) is 7.74. The number of alkyl halides is 2. The van der Waals surface area contributed by atoms with Crippen molar-refractivity contribution in [3.63, 3.8) is 0 Å². The van der Waals surface area contributed by atoms with Gasteiger partial charge < -0.3 is 20.1 Å². The van der Waals surface area contributed by atoms with E-state index < -0.39 is 6.61 Å². The first kappa shape index (κ1) is 22.5. The van der Waals surface area contributed by atoms with Gasteiger partial charge in [-0.1, -0.05) is 0 Å². The van der Waals surface area contributed by atoms with Crippen molar-refractivity contribution >= 4 is 5.82 Å². The molecule has 3 fully saturated rings. The molecule has 7 nitrogen and oxygen atoms in total. The van der Waals surface area contributed by atoms with Gasteiger partial charge in [-0.25, -0.2) is 4.98 Å². The van der Waals surface area contributed by atoms with Crippen LogP contribution in [-0.2, 0) is 4.74 Å². The second-order valence-electron chi connectivity index (χ2n) is 9.93. The van der Waals surface area contributed by atoms with Crippen molar-refractivity contribution in [1.29, 1.82) is 0 Å². The number of hydrogen-bond acceptors (Lipinski definition) is 6. The van der Waals surface area contributed by atoms with E-state index in [0.717, 1.165) is 25.9 Å². The third-order valence-corrected chi connectivity index (χ3v) is 7.74. The Balaban J connectivity index is 1.31. The van der Waals surface area contributed by atoms with Crippen LogP contribution >= 0.6 is 0 Å². The second kappa shape index (κ2) is 8.83. The van der Waals surface area contributed by atoms with E-state index in [1.165, 1.54) is 24.6 Å². The molecule has 4 atom stereocenters. The average molecular weight is 462 g/mol. The molecule has 3 aliphatic rings. The Bertz CT molecular complexity index is 977. The van der Waals surface area contributed by atoms with Crippen molar-refractivity contribution < 1.29 is 18.3 Å². The zero-order valence-corrected chi connectivity index (χ0v) is 19.5. The molecular weight excluding hydrogens is 428 g/mol. The third kappa shape index (κ3) is 4.33. The molecule has 33 heavy (non-hydrogen) atoms. The summed E-state index contributed by atoms with van der Waals surface area (Å²) in [5, 5.41) is 4.81. The van der Waals surface area contributed by atoms with Crippen molar-refractivity contribution in [2.45, 2.75) is 70.2 Å². The molecule has 0 bridgehead atoms. The van der Waals surface area contributed by atoms with Gasteiger partial charge in [-0.3, -0.25) is 4.68 Å². The topological polar surface area (TPSA) is 78.4 Å². The van der Waals surface area contributed by atoms with Crippen molar-refractivity contribution in [2.24, 2.45) is 11.8 Å². The first-order chi connectivity index (χ1) is 15.9. The first-order valence-corrected chi connectivity index (χ1v) is 11.9. The van der Waals surface area contributed by atoms with Crippen molar-refractivity contribution in [3.05, 3.63) is 24.0 Å². The number of piperidine rings is 1. The molecule has 0 aromatic carbocycles. The van der Waals surface area contributed by atoms with Crippen LogP contribution in [0.1, 0.15) is 57.2 Å². The summed E-state index contributed by atoms with van der Waals surface area (Å²) in [6.45, 7) is 3.55. The van der Waals surface area contributed by atoms with Gasteiger partial charge >= 0.3 is 6.61 Å². The Morgan fingerprint density at radius 1 is 1.12 bits per heavy atom. The molecule has 2 aromatic rings. The molecule has 2 aromatic heterocycles. The average Bonchev–Trinajstić information content (AvgIpc) is 3.15.